The molecule has 0 fully saturated rings. The first-order valence-corrected chi connectivity index (χ1v) is 8.70. The number of nitrogens with zero attached hydrogens (tertiary/aromatic N) is 3. The molecule has 2 aromatic carbocycles. The van der Waals surface area contributed by atoms with Gasteiger partial charge in [0, 0.05) is 11.4 Å². The van der Waals surface area contributed by atoms with Crippen molar-refractivity contribution in [3.63, 3.8) is 0 Å². The van der Waals surface area contributed by atoms with Gasteiger partial charge in [-0.05, 0) is 49.1 Å². The van der Waals surface area contributed by atoms with E-state index in [1.165, 1.54) is 4.90 Å². The number of aromatic nitrogens is 2. The summed E-state index contributed by atoms with van der Waals surface area (Å²) in [5.74, 6) is 0.727. The van der Waals surface area contributed by atoms with Crippen LogP contribution in [0.4, 0.5) is 0 Å². The molecule has 0 aliphatic heterocycles. The van der Waals surface area contributed by atoms with E-state index in [0.717, 1.165) is 29.0 Å². The number of rotatable bonds is 4. The quantitative estimate of drug-likeness (QED) is 0.510. The zero-order valence-electron chi connectivity index (χ0n) is 13.2. The Labute approximate surface area is 140 Å². The van der Waals surface area contributed by atoms with Crippen LogP contribution in [-0.4, -0.2) is 15.8 Å². The fourth-order valence-electron chi connectivity index (χ4n) is 2.61. The van der Waals surface area contributed by atoms with Crippen LogP contribution >= 0.6 is 11.8 Å². The van der Waals surface area contributed by atoms with E-state index in [1.54, 1.807) is 11.8 Å². The summed E-state index contributed by atoms with van der Waals surface area (Å²) in [5, 5.41) is 9.61. The summed E-state index contributed by atoms with van der Waals surface area (Å²) in [7, 11) is 0. The van der Waals surface area contributed by atoms with Gasteiger partial charge in [-0.2, -0.15) is 5.26 Å². The van der Waals surface area contributed by atoms with E-state index in [2.05, 4.69) is 40.9 Å². The van der Waals surface area contributed by atoms with E-state index in [1.807, 2.05) is 42.5 Å². The van der Waals surface area contributed by atoms with Crippen LogP contribution in [-0.2, 0) is 6.54 Å². The highest BCUT2D eigenvalue weighted by atomic mass is 32.2. The van der Waals surface area contributed by atoms with Gasteiger partial charge in [0.15, 0.2) is 5.82 Å². The number of hydrogen-bond donors (Lipinski definition) is 0. The van der Waals surface area contributed by atoms with Crippen molar-refractivity contribution < 1.29 is 0 Å². The van der Waals surface area contributed by atoms with Crippen molar-refractivity contribution in [2.24, 2.45) is 0 Å². The number of benzene rings is 2. The second-order valence-corrected chi connectivity index (χ2v) is 5.99. The minimum atomic E-state index is 0.583. The number of nitriles is 1. The van der Waals surface area contributed by atoms with Crippen LogP contribution in [0.2, 0.25) is 0 Å². The van der Waals surface area contributed by atoms with Gasteiger partial charge in [-0.15, -0.1) is 11.8 Å². The zero-order valence-corrected chi connectivity index (χ0v) is 14.0. The minimum absolute atomic E-state index is 0.583. The van der Waals surface area contributed by atoms with Crippen molar-refractivity contribution in [3.8, 4) is 6.07 Å². The van der Waals surface area contributed by atoms with Crippen molar-refractivity contribution in [2.75, 3.05) is 6.26 Å². The number of aryl methyl sites for hydroxylation is 1. The van der Waals surface area contributed by atoms with Gasteiger partial charge >= 0.3 is 0 Å². The van der Waals surface area contributed by atoms with Gasteiger partial charge in [0.05, 0.1) is 16.6 Å². The molecule has 4 heteroatoms. The van der Waals surface area contributed by atoms with Crippen molar-refractivity contribution in [1.82, 2.24) is 9.55 Å². The van der Waals surface area contributed by atoms with E-state index < -0.39 is 0 Å². The van der Waals surface area contributed by atoms with Gasteiger partial charge in [-0.3, -0.25) is 0 Å². The van der Waals surface area contributed by atoms with Gasteiger partial charge in [0.1, 0.15) is 6.07 Å². The molecule has 0 N–H and O–H groups in total. The molecule has 1 aromatic heterocycles. The van der Waals surface area contributed by atoms with E-state index in [-0.39, 0.29) is 0 Å². The molecule has 0 atom stereocenters. The summed E-state index contributed by atoms with van der Waals surface area (Å²) in [4.78, 5) is 5.86. The normalized spacial score (nSPS) is 11.6. The largest absolute Gasteiger partial charge is 0.324 e. The van der Waals surface area contributed by atoms with Crippen LogP contribution < -0.4 is 0 Å². The van der Waals surface area contributed by atoms with Gasteiger partial charge in [0.25, 0.3) is 0 Å². The Bertz CT molecular complexity index is 899. The van der Waals surface area contributed by atoms with E-state index in [4.69, 9.17) is 0 Å². The summed E-state index contributed by atoms with van der Waals surface area (Å²) in [6.07, 6.45) is 3.95. The van der Waals surface area contributed by atoms with Crippen molar-refractivity contribution in [2.45, 2.75) is 18.4 Å². The maximum absolute atomic E-state index is 9.61. The van der Waals surface area contributed by atoms with Crippen LogP contribution in [0, 0.1) is 11.3 Å². The molecule has 23 heavy (non-hydrogen) atoms. The molecule has 3 nitrogen and oxygen atoms in total. The highest BCUT2D eigenvalue weighted by molar-refractivity contribution is 7.98. The Kier molecular flexibility index (Phi) is 4.50. The van der Waals surface area contributed by atoms with E-state index in [0.29, 0.717) is 5.57 Å². The third-order valence-corrected chi connectivity index (χ3v) is 4.50. The molecule has 1 heterocycles. The molecule has 0 aliphatic rings. The smallest absolute Gasteiger partial charge is 0.151 e. The summed E-state index contributed by atoms with van der Waals surface area (Å²) in [5.41, 5.74) is 3.57. The molecule has 3 rings (SSSR count). The highest BCUT2D eigenvalue weighted by Gasteiger charge is 2.13. The topological polar surface area (TPSA) is 41.6 Å². The highest BCUT2D eigenvalue weighted by Crippen LogP contribution is 2.24. The van der Waals surface area contributed by atoms with Crippen LogP contribution in [0.3, 0.4) is 0 Å². The SMILES string of the molecule is CCn1c(C(C#N)=Cc2ccc(SC)cc2)nc2ccccc21. The Hall–Kier alpha value is -2.51. The number of allylic oxidation sites excluding steroid dienone is 1. The van der Waals surface area contributed by atoms with Gasteiger partial charge in [0.2, 0.25) is 0 Å². The Morgan fingerprint density at radius 1 is 1.22 bits per heavy atom. The molecule has 0 spiro atoms. The molecule has 3 aromatic rings. The molecule has 0 bridgehead atoms. The average molecular weight is 319 g/mol. The fourth-order valence-corrected chi connectivity index (χ4v) is 3.02. The van der Waals surface area contributed by atoms with Crippen LogP contribution in [0.25, 0.3) is 22.7 Å². The van der Waals surface area contributed by atoms with Crippen molar-refractivity contribution in [1.29, 1.82) is 5.26 Å². The van der Waals surface area contributed by atoms with Gasteiger partial charge in [-0.1, -0.05) is 24.3 Å². The summed E-state index contributed by atoms with van der Waals surface area (Å²) in [6, 6.07) is 18.5. The lowest BCUT2D eigenvalue weighted by molar-refractivity contribution is 0.775. The molecular formula is C19H17N3S. The predicted octanol–water partition coefficient (Wildman–Crippen LogP) is 4.84. The number of fused-ring (bicyclic) bond motifs is 1. The maximum atomic E-state index is 9.61. The lowest BCUT2D eigenvalue weighted by Gasteiger charge is -2.05. The fraction of sp³-hybridized carbons (Fsp3) is 0.158. The number of hydrogen-bond acceptors (Lipinski definition) is 3. The second kappa shape index (κ2) is 6.72. The van der Waals surface area contributed by atoms with Crippen molar-refractivity contribution >= 4 is 34.4 Å². The molecule has 0 saturated carbocycles. The molecule has 0 saturated heterocycles. The lowest BCUT2D eigenvalue weighted by Crippen LogP contribution is -2.00. The Morgan fingerprint density at radius 3 is 2.61 bits per heavy atom. The summed E-state index contributed by atoms with van der Waals surface area (Å²) < 4.78 is 2.08. The van der Waals surface area contributed by atoms with Gasteiger partial charge < -0.3 is 4.57 Å². The minimum Gasteiger partial charge on any atom is -0.324 e. The Morgan fingerprint density at radius 2 is 1.96 bits per heavy atom. The van der Waals surface area contributed by atoms with E-state index >= 15 is 0 Å². The third kappa shape index (κ3) is 3.01. The number of thioether (sulfide) groups is 1. The van der Waals surface area contributed by atoms with Gasteiger partial charge in [-0.25, -0.2) is 4.98 Å². The molecular weight excluding hydrogens is 302 g/mol. The average Bonchev–Trinajstić information content (AvgIpc) is 2.98. The predicted molar refractivity (Wildman–Crippen MR) is 97.1 cm³/mol. The van der Waals surface area contributed by atoms with Crippen LogP contribution in [0.15, 0.2) is 53.4 Å². The standard InChI is InChI=1S/C19H17N3S/c1-3-22-18-7-5-4-6-17(18)21-19(22)15(13-20)12-14-8-10-16(23-2)11-9-14/h4-12H,3H2,1-2H3. The summed E-state index contributed by atoms with van der Waals surface area (Å²) >= 11 is 1.71. The third-order valence-electron chi connectivity index (χ3n) is 3.76. The maximum Gasteiger partial charge on any atom is 0.151 e. The molecule has 0 radical (unpaired) electrons. The number of imidazole rings is 1. The first kappa shape index (κ1) is 15.4. The Balaban J connectivity index is 2.10. The van der Waals surface area contributed by atoms with Crippen LogP contribution in [0.1, 0.15) is 18.3 Å². The summed E-state index contributed by atoms with van der Waals surface area (Å²) in [6.45, 7) is 2.85. The number of para-hydroxylation sites is 2. The van der Waals surface area contributed by atoms with Crippen LogP contribution in [0.5, 0.6) is 0 Å². The zero-order chi connectivity index (χ0) is 16.2. The monoisotopic (exact) mass is 319 g/mol. The van der Waals surface area contributed by atoms with E-state index in [9.17, 15) is 5.26 Å². The first-order valence-electron chi connectivity index (χ1n) is 7.48. The molecule has 0 amide bonds. The molecule has 0 unspecified atom stereocenters. The molecule has 0 aliphatic carbocycles. The first-order chi connectivity index (χ1) is 11.3. The lowest BCUT2D eigenvalue weighted by atomic mass is 10.1. The van der Waals surface area contributed by atoms with Crippen molar-refractivity contribution in [3.05, 3.63) is 59.9 Å². The second-order valence-electron chi connectivity index (χ2n) is 5.11. The molecule has 114 valence electrons.